The van der Waals surface area contributed by atoms with Crippen molar-refractivity contribution in [2.24, 2.45) is 0 Å². The first kappa shape index (κ1) is 16.1. The van der Waals surface area contributed by atoms with Crippen molar-refractivity contribution in [3.05, 3.63) is 0 Å². The first-order chi connectivity index (χ1) is 3.63. The molecule has 0 radical (unpaired) electrons. The second-order valence-corrected chi connectivity index (χ2v) is 1.60. The van der Waals surface area contributed by atoms with E-state index < -0.39 is 5.97 Å². The van der Waals surface area contributed by atoms with E-state index in [1.54, 1.807) is 0 Å². The fourth-order valence-electron chi connectivity index (χ4n) is 0.283. The van der Waals surface area contributed by atoms with E-state index in [0.29, 0.717) is 0 Å². The van der Waals surface area contributed by atoms with Crippen LogP contribution in [0.25, 0.3) is 0 Å². The quantitative estimate of drug-likeness (QED) is 0.662. The summed E-state index contributed by atoms with van der Waals surface area (Å²) in [6, 6.07) is 0. The number of carbonyl (C=O) groups excluding carboxylic acids is 1. The van der Waals surface area contributed by atoms with E-state index in [9.17, 15) is 9.59 Å². The largest absolute Gasteiger partial charge is 0.481 e. The smallest absolute Gasteiger partial charge is 0.303 e. The lowest BCUT2D eigenvalue weighted by Gasteiger charge is -1.86. The van der Waals surface area contributed by atoms with Crippen LogP contribution in [-0.2, 0) is 9.59 Å². The van der Waals surface area contributed by atoms with Gasteiger partial charge in [0.05, 0.1) is 6.42 Å². The van der Waals surface area contributed by atoms with Crippen LogP contribution in [-0.4, -0.2) is 16.9 Å². The zero-order valence-corrected chi connectivity index (χ0v) is 4.68. The van der Waals surface area contributed by atoms with Gasteiger partial charge in [0.2, 0.25) is 0 Å². The van der Waals surface area contributed by atoms with Gasteiger partial charge in [-0.2, -0.15) is 0 Å². The molecule has 0 fully saturated rings. The maximum Gasteiger partial charge on any atom is 0.303 e. The lowest BCUT2D eigenvalue weighted by Crippen LogP contribution is -1.98. The maximum atomic E-state index is 10.1. The topological polar surface area (TPSA) is 54.4 Å². The molecule has 0 aromatic carbocycles. The predicted molar refractivity (Wildman–Crippen MR) is 41.0 cm³/mol. The predicted octanol–water partition coefficient (Wildman–Crippen LogP) is 1.71. The van der Waals surface area contributed by atoms with E-state index in [1.165, 1.54) is 6.92 Å². The van der Waals surface area contributed by atoms with Gasteiger partial charge in [-0.05, 0) is 6.92 Å². The minimum absolute atomic E-state index is 0. The fraction of sp³-hybridized carbons (Fsp3) is 0.714. The lowest BCUT2D eigenvalue weighted by molar-refractivity contribution is -0.138. The van der Waals surface area contributed by atoms with Crippen molar-refractivity contribution in [1.82, 2.24) is 0 Å². The summed E-state index contributed by atoms with van der Waals surface area (Å²) in [5.74, 6) is -0.993. The van der Waals surface area contributed by atoms with Crippen LogP contribution in [0.1, 0.15) is 34.6 Å². The third kappa shape index (κ3) is 15.7. The Labute approximate surface area is 62.1 Å². The third-order valence-electron chi connectivity index (χ3n) is 0.691. The molecule has 0 aliphatic heterocycles. The first-order valence-corrected chi connectivity index (χ1v) is 2.34. The number of aliphatic carboxylic acids is 1. The summed E-state index contributed by atoms with van der Waals surface area (Å²) >= 11 is 0. The minimum atomic E-state index is -0.916. The van der Waals surface area contributed by atoms with Gasteiger partial charge in [0, 0.05) is 6.42 Å². The minimum Gasteiger partial charge on any atom is -0.481 e. The second-order valence-electron chi connectivity index (χ2n) is 1.60. The highest BCUT2D eigenvalue weighted by Gasteiger charge is 1.97. The number of carboxylic acids is 1. The summed E-state index contributed by atoms with van der Waals surface area (Å²) in [6.45, 7) is 1.38. The van der Waals surface area contributed by atoms with Crippen molar-refractivity contribution in [2.45, 2.75) is 34.6 Å². The van der Waals surface area contributed by atoms with Crippen molar-refractivity contribution in [2.75, 3.05) is 0 Å². The molecule has 0 saturated carbocycles. The molecule has 0 spiro atoms. The summed E-state index contributed by atoms with van der Waals surface area (Å²) < 4.78 is 0. The Balaban J connectivity index is -0.000000245. The van der Waals surface area contributed by atoms with Crippen LogP contribution in [0.5, 0.6) is 0 Å². The number of hydrogen-bond donors (Lipinski definition) is 1. The van der Waals surface area contributed by atoms with Crippen LogP contribution in [0.4, 0.5) is 0 Å². The van der Waals surface area contributed by atoms with Crippen LogP contribution in [0.15, 0.2) is 0 Å². The summed E-state index contributed by atoms with van der Waals surface area (Å²) in [5.41, 5.74) is 0. The van der Waals surface area contributed by atoms with E-state index in [1.807, 2.05) is 0 Å². The van der Waals surface area contributed by atoms with Crippen LogP contribution in [0, 0.1) is 0 Å². The first-order valence-electron chi connectivity index (χ1n) is 2.34. The van der Waals surface area contributed by atoms with Crippen LogP contribution >= 0.6 is 0 Å². The second kappa shape index (κ2) is 8.14. The molecular formula is C7H16O3. The standard InChI is InChI=1S/C5H8O3.2CH4/c1-4(6)2-3-5(7)8;;/h2-3H2,1H3,(H,7,8);2*1H4. The Kier molecular flexibility index (Phi) is 13.1. The molecule has 0 aromatic rings. The van der Waals surface area contributed by atoms with Crippen molar-refractivity contribution in [3.8, 4) is 0 Å². The van der Waals surface area contributed by atoms with Gasteiger partial charge < -0.3 is 9.90 Å². The summed E-state index contributed by atoms with van der Waals surface area (Å²) in [6.07, 6.45) is 0.102. The molecule has 62 valence electrons. The Morgan fingerprint density at radius 1 is 1.20 bits per heavy atom. The van der Waals surface area contributed by atoms with Crippen molar-refractivity contribution in [1.29, 1.82) is 0 Å². The van der Waals surface area contributed by atoms with Gasteiger partial charge in [-0.25, -0.2) is 0 Å². The molecule has 0 aliphatic carbocycles. The summed E-state index contributed by atoms with van der Waals surface area (Å²) in [4.78, 5) is 19.8. The molecule has 10 heavy (non-hydrogen) atoms. The Morgan fingerprint density at radius 2 is 1.60 bits per heavy atom. The fourth-order valence-corrected chi connectivity index (χ4v) is 0.283. The molecule has 0 aromatic heterocycles. The molecule has 0 atom stereocenters. The number of ketones is 1. The Hall–Kier alpha value is -0.860. The van der Waals surface area contributed by atoms with Crippen LogP contribution in [0.2, 0.25) is 0 Å². The van der Waals surface area contributed by atoms with E-state index >= 15 is 0 Å². The van der Waals surface area contributed by atoms with Gasteiger partial charge in [0.15, 0.2) is 0 Å². The van der Waals surface area contributed by atoms with Crippen LogP contribution in [0.3, 0.4) is 0 Å². The normalized spacial score (nSPS) is 6.90. The average Bonchev–Trinajstić information content (AvgIpc) is 1.61. The molecule has 0 aliphatic rings. The molecule has 0 saturated heterocycles. The van der Waals surface area contributed by atoms with E-state index in [-0.39, 0.29) is 33.5 Å². The van der Waals surface area contributed by atoms with Crippen LogP contribution < -0.4 is 0 Å². The van der Waals surface area contributed by atoms with E-state index in [2.05, 4.69) is 0 Å². The zero-order chi connectivity index (χ0) is 6.57. The molecule has 3 nitrogen and oxygen atoms in total. The Bertz CT molecular complexity index is 93.4. The highest BCUT2D eigenvalue weighted by molar-refractivity contribution is 5.80. The highest BCUT2D eigenvalue weighted by Crippen LogP contribution is 1.87. The number of hydrogen-bond acceptors (Lipinski definition) is 2. The van der Waals surface area contributed by atoms with Gasteiger partial charge in [-0.3, -0.25) is 4.79 Å². The zero-order valence-electron chi connectivity index (χ0n) is 4.68. The number of carboxylic acid groups (broad SMARTS) is 1. The van der Waals surface area contributed by atoms with E-state index in [4.69, 9.17) is 5.11 Å². The highest BCUT2D eigenvalue weighted by atomic mass is 16.4. The summed E-state index contributed by atoms with van der Waals surface area (Å²) in [7, 11) is 0. The lowest BCUT2D eigenvalue weighted by atomic mass is 10.2. The summed E-state index contributed by atoms with van der Waals surface area (Å²) in [5, 5.41) is 8.01. The number of rotatable bonds is 3. The maximum absolute atomic E-state index is 10.1. The van der Waals surface area contributed by atoms with Gasteiger partial charge in [0.25, 0.3) is 0 Å². The van der Waals surface area contributed by atoms with E-state index in [0.717, 1.165) is 0 Å². The number of Topliss-reactive ketones (excluding diaryl/α,β-unsaturated/α-hetero) is 1. The Morgan fingerprint density at radius 3 is 1.70 bits per heavy atom. The monoisotopic (exact) mass is 148 g/mol. The van der Waals surface area contributed by atoms with Crippen molar-refractivity contribution >= 4 is 11.8 Å². The molecule has 1 N–H and O–H groups in total. The number of carbonyl (C=O) groups is 2. The SMILES string of the molecule is C.C.CC(=O)CCC(=O)O. The molecule has 0 amide bonds. The van der Waals surface area contributed by atoms with Gasteiger partial charge >= 0.3 is 5.97 Å². The molecular weight excluding hydrogens is 132 g/mol. The molecule has 0 unspecified atom stereocenters. The van der Waals surface area contributed by atoms with Crippen molar-refractivity contribution in [3.63, 3.8) is 0 Å². The molecule has 0 heterocycles. The van der Waals surface area contributed by atoms with Gasteiger partial charge in [-0.1, -0.05) is 14.9 Å². The van der Waals surface area contributed by atoms with Gasteiger partial charge in [-0.15, -0.1) is 0 Å². The molecule has 0 rings (SSSR count). The van der Waals surface area contributed by atoms with Crippen molar-refractivity contribution < 1.29 is 14.7 Å². The average molecular weight is 148 g/mol. The van der Waals surface area contributed by atoms with Gasteiger partial charge in [0.1, 0.15) is 5.78 Å². The third-order valence-corrected chi connectivity index (χ3v) is 0.691. The molecule has 3 heteroatoms. The molecule has 0 bridgehead atoms.